The molecule has 1 saturated carbocycles. The second-order valence-electron chi connectivity index (χ2n) is 5.77. The Morgan fingerprint density at radius 2 is 2.11 bits per heavy atom. The predicted molar refractivity (Wildman–Crippen MR) is 80.7 cm³/mol. The lowest BCUT2D eigenvalue weighted by Crippen LogP contribution is -2.28. The van der Waals surface area contributed by atoms with Crippen molar-refractivity contribution in [3.05, 3.63) is 29.8 Å². The van der Waals surface area contributed by atoms with Crippen molar-refractivity contribution in [3.63, 3.8) is 0 Å². The Bertz CT molecular complexity index is 371. The number of methoxy groups -OCH3 is 1. The lowest BCUT2D eigenvalue weighted by Gasteiger charge is -2.18. The van der Waals surface area contributed by atoms with Crippen molar-refractivity contribution >= 4 is 0 Å². The van der Waals surface area contributed by atoms with Gasteiger partial charge < -0.3 is 10.1 Å². The van der Waals surface area contributed by atoms with E-state index in [9.17, 15) is 0 Å². The van der Waals surface area contributed by atoms with E-state index in [1.807, 2.05) is 6.07 Å². The second-order valence-corrected chi connectivity index (χ2v) is 5.77. The molecule has 0 bridgehead atoms. The molecule has 2 nitrogen and oxygen atoms in total. The van der Waals surface area contributed by atoms with Crippen LogP contribution in [0.5, 0.6) is 5.75 Å². The summed E-state index contributed by atoms with van der Waals surface area (Å²) < 4.78 is 5.29. The van der Waals surface area contributed by atoms with Crippen LogP contribution >= 0.6 is 0 Å². The van der Waals surface area contributed by atoms with E-state index in [4.69, 9.17) is 4.74 Å². The summed E-state index contributed by atoms with van der Waals surface area (Å²) in [5, 5.41) is 3.47. The fourth-order valence-electron chi connectivity index (χ4n) is 3.17. The van der Waals surface area contributed by atoms with E-state index in [1.54, 1.807) is 7.11 Å². The summed E-state index contributed by atoms with van der Waals surface area (Å²) in [4.78, 5) is 0. The van der Waals surface area contributed by atoms with Gasteiger partial charge in [0.05, 0.1) is 7.11 Å². The van der Waals surface area contributed by atoms with Crippen LogP contribution in [-0.2, 0) is 6.42 Å². The highest BCUT2D eigenvalue weighted by Gasteiger charge is 2.17. The Labute approximate surface area is 117 Å². The average Bonchev–Trinajstić information content (AvgIpc) is 2.97. The number of ether oxygens (including phenoxy) is 1. The van der Waals surface area contributed by atoms with Crippen molar-refractivity contribution in [2.24, 2.45) is 5.92 Å². The number of benzene rings is 1. The Balaban J connectivity index is 1.83. The summed E-state index contributed by atoms with van der Waals surface area (Å²) in [7, 11) is 3.81. The summed E-state index contributed by atoms with van der Waals surface area (Å²) >= 11 is 0. The molecule has 1 aliphatic carbocycles. The molecule has 0 aliphatic heterocycles. The Hall–Kier alpha value is -1.02. The van der Waals surface area contributed by atoms with Gasteiger partial charge in [-0.15, -0.1) is 0 Å². The third-order valence-corrected chi connectivity index (χ3v) is 4.42. The lowest BCUT2D eigenvalue weighted by atomic mass is 9.95. The van der Waals surface area contributed by atoms with Crippen LogP contribution < -0.4 is 10.1 Å². The Kier molecular flexibility index (Phi) is 5.71. The Morgan fingerprint density at radius 1 is 1.32 bits per heavy atom. The first-order valence-corrected chi connectivity index (χ1v) is 7.62. The molecule has 1 atom stereocenters. The highest BCUT2D eigenvalue weighted by atomic mass is 16.5. The molecule has 1 N–H and O–H groups in total. The quantitative estimate of drug-likeness (QED) is 0.806. The maximum absolute atomic E-state index is 5.29. The van der Waals surface area contributed by atoms with Crippen molar-refractivity contribution in [1.82, 2.24) is 5.32 Å². The van der Waals surface area contributed by atoms with Gasteiger partial charge in [-0.05, 0) is 49.9 Å². The predicted octanol–water partition coefficient (Wildman–Crippen LogP) is 3.80. The van der Waals surface area contributed by atoms with Gasteiger partial charge in [0.1, 0.15) is 5.75 Å². The molecule has 2 rings (SSSR count). The zero-order chi connectivity index (χ0) is 13.5. The molecule has 106 valence electrons. The van der Waals surface area contributed by atoms with Crippen molar-refractivity contribution in [2.45, 2.75) is 51.0 Å². The van der Waals surface area contributed by atoms with Gasteiger partial charge in [-0.3, -0.25) is 0 Å². The van der Waals surface area contributed by atoms with Crippen LogP contribution in [0.1, 0.15) is 44.1 Å². The largest absolute Gasteiger partial charge is 0.497 e. The van der Waals surface area contributed by atoms with Gasteiger partial charge in [0.25, 0.3) is 0 Å². The molecule has 0 spiro atoms. The van der Waals surface area contributed by atoms with Crippen molar-refractivity contribution < 1.29 is 4.74 Å². The zero-order valence-corrected chi connectivity index (χ0v) is 12.3. The van der Waals surface area contributed by atoms with E-state index in [1.165, 1.54) is 44.1 Å². The molecule has 0 radical (unpaired) electrons. The molecule has 0 aromatic heterocycles. The van der Waals surface area contributed by atoms with Crippen LogP contribution in [0.2, 0.25) is 0 Å². The van der Waals surface area contributed by atoms with Gasteiger partial charge >= 0.3 is 0 Å². The third kappa shape index (κ3) is 4.54. The van der Waals surface area contributed by atoms with Crippen molar-refractivity contribution in [3.8, 4) is 5.75 Å². The molecule has 2 heteroatoms. The van der Waals surface area contributed by atoms with Gasteiger partial charge in [0, 0.05) is 6.04 Å². The normalized spacial score (nSPS) is 17.6. The van der Waals surface area contributed by atoms with E-state index < -0.39 is 0 Å². The van der Waals surface area contributed by atoms with Crippen LogP contribution in [0.15, 0.2) is 24.3 Å². The maximum Gasteiger partial charge on any atom is 0.119 e. The fourth-order valence-corrected chi connectivity index (χ4v) is 3.17. The molecule has 1 fully saturated rings. The molecular formula is C17H27NO. The van der Waals surface area contributed by atoms with Gasteiger partial charge in [0.2, 0.25) is 0 Å². The van der Waals surface area contributed by atoms with E-state index in [2.05, 4.69) is 30.6 Å². The molecule has 1 aliphatic rings. The fraction of sp³-hybridized carbons (Fsp3) is 0.647. The summed E-state index contributed by atoms with van der Waals surface area (Å²) in [5.41, 5.74) is 1.37. The first-order chi connectivity index (χ1) is 9.31. The average molecular weight is 261 g/mol. The number of rotatable bonds is 7. The smallest absolute Gasteiger partial charge is 0.119 e. The lowest BCUT2D eigenvalue weighted by molar-refractivity contribution is 0.409. The van der Waals surface area contributed by atoms with E-state index in [0.29, 0.717) is 6.04 Å². The summed E-state index contributed by atoms with van der Waals surface area (Å²) in [6.07, 6.45) is 9.58. The monoisotopic (exact) mass is 261 g/mol. The molecule has 0 amide bonds. The van der Waals surface area contributed by atoms with Gasteiger partial charge in [-0.25, -0.2) is 0 Å². The number of nitrogens with one attached hydrogen (secondary N) is 1. The molecular weight excluding hydrogens is 234 g/mol. The topological polar surface area (TPSA) is 21.3 Å². The summed E-state index contributed by atoms with van der Waals surface area (Å²) in [6.45, 7) is 0. The second kappa shape index (κ2) is 7.54. The minimum Gasteiger partial charge on any atom is -0.497 e. The van der Waals surface area contributed by atoms with Crippen LogP contribution in [0, 0.1) is 5.92 Å². The van der Waals surface area contributed by atoms with Gasteiger partial charge in [0.15, 0.2) is 0 Å². The van der Waals surface area contributed by atoms with Crippen LogP contribution in [-0.4, -0.2) is 20.2 Å². The highest BCUT2D eigenvalue weighted by molar-refractivity contribution is 5.28. The SMILES string of the molecule is CNC(CCC1CCCC1)Cc1cccc(OC)c1. The minimum absolute atomic E-state index is 0.590. The van der Waals surface area contributed by atoms with Crippen LogP contribution in [0.25, 0.3) is 0 Å². The first-order valence-electron chi connectivity index (χ1n) is 7.62. The molecule has 1 unspecified atom stereocenters. The molecule has 1 aromatic rings. The molecule has 0 saturated heterocycles. The zero-order valence-electron chi connectivity index (χ0n) is 12.3. The van der Waals surface area contributed by atoms with Gasteiger partial charge in [-0.1, -0.05) is 37.8 Å². The molecule has 1 aromatic carbocycles. The third-order valence-electron chi connectivity index (χ3n) is 4.42. The standard InChI is InChI=1S/C17H27NO/c1-18-16(11-10-14-6-3-4-7-14)12-15-8-5-9-17(13-15)19-2/h5,8-9,13-14,16,18H,3-4,6-7,10-12H2,1-2H3. The van der Waals surface area contributed by atoms with Crippen LogP contribution in [0.3, 0.4) is 0 Å². The minimum atomic E-state index is 0.590. The first kappa shape index (κ1) is 14.4. The summed E-state index contributed by atoms with van der Waals surface area (Å²) in [5.74, 6) is 1.95. The summed E-state index contributed by atoms with van der Waals surface area (Å²) in [6, 6.07) is 9.03. The molecule has 19 heavy (non-hydrogen) atoms. The van der Waals surface area contributed by atoms with E-state index >= 15 is 0 Å². The number of hydrogen-bond acceptors (Lipinski definition) is 2. The maximum atomic E-state index is 5.29. The van der Waals surface area contributed by atoms with Crippen LogP contribution in [0.4, 0.5) is 0 Å². The number of hydrogen-bond donors (Lipinski definition) is 1. The van der Waals surface area contributed by atoms with Crippen molar-refractivity contribution in [1.29, 1.82) is 0 Å². The highest BCUT2D eigenvalue weighted by Crippen LogP contribution is 2.29. The van der Waals surface area contributed by atoms with E-state index in [-0.39, 0.29) is 0 Å². The number of likely N-dealkylation sites (N-methyl/N-ethyl adjacent to an activating group) is 1. The van der Waals surface area contributed by atoms with E-state index in [0.717, 1.165) is 18.1 Å². The molecule has 0 heterocycles. The van der Waals surface area contributed by atoms with Crippen molar-refractivity contribution in [2.75, 3.05) is 14.2 Å². The Morgan fingerprint density at radius 3 is 2.79 bits per heavy atom. The van der Waals surface area contributed by atoms with Gasteiger partial charge in [-0.2, -0.15) is 0 Å².